The van der Waals surface area contributed by atoms with Gasteiger partial charge < -0.3 is 19.1 Å². The molecule has 148 valence electrons. The second-order valence-corrected chi connectivity index (χ2v) is 8.57. The normalized spacial score (nSPS) is 32.9. The van der Waals surface area contributed by atoms with Crippen LogP contribution in [-0.2, 0) is 21.5 Å². The van der Waals surface area contributed by atoms with E-state index in [1.165, 1.54) is 11.1 Å². The number of ether oxygens (including phenoxy) is 3. The molecular weight excluding hydrogens is 342 g/mol. The average Bonchev–Trinajstić information content (AvgIpc) is 3.05. The molecule has 5 heteroatoms. The van der Waals surface area contributed by atoms with Gasteiger partial charge >= 0.3 is 5.97 Å². The number of esters is 1. The van der Waals surface area contributed by atoms with E-state index >= 15 is 0 Å². The summed E-state index contributed by atoms with van der Waals surface area (Å²) in [6.07, 6.45) is 2.52. The van der Waals surface area contributed by atoms with Gasteiger partial charge in [0, 0.05) is 29.9 Å². The Hall–Kier alpha value is -1.75. The summed E-state index contributed by atoms with van der Waals surface area (Å²) in [5, 5.41) is 0. The van der Waals surface area contributed by atoms with Crippen LogP contribution in [0.25, 0.3) is 0 Å². The lowest BCUT2D eigenvalue weighted by Crippen LogP contribution is -2.40. The summed E-state index contributed by atoms with van der Waals surface area (Å²) in [6.45, 7) is 8.12. The molecule has 1 aliphatic carbocycles. The molecule has 0 N–H and O–H groups in total. The van der Waals surface area contributed by atoms with Gasteiger partial charge in [-0.1, -0.05) is 26.8 Å². The van der Waals surface area contributed by atoms with Crippen molar-refractivity contribution in [1.82, 2.24) is 4.90 Å². The van der Waals surface area contributed by atoms with Crippen LogP contribution in [-0.4, -0.2) is 43.8 Å². The molecule has 0 bridgehead atoms. The highest BCUT2D eigenvalue weighted by molar-refractivity contribution is 5.72. The maximum atomic E-state index is 12.4. The molecule has 0 aromatic heterocycles. The Morgan fingerprint density at radius 3 is 2.93 bits per heavy atom. The molecule has 1 fully saturated rings. The third kappa shape index (κ3) is 2.65. The Labute approximate surface area is 162 Å². The van der Waals surface area contributed by atoms with Crippen molar-refractivity contribution in [3.63, 3.8) is 0 Å². The first-order chi connectivity index (χ1) is 12.9. The van der Waals surface area contributed by atoms with Crippen LogP contribution >= 0.6 is 0 Å². The minimum Gasteiger partial charge on any atom is -0.493 e. The minimum atomic E-state index is -0.107. The van der Waals surface area contributed by atoms with E-state index in [0.29, 0.717) is 0 Å². The highest BCUT2D eigenvalue weighted by atomic mass is 16.6. The summed E-state index contributed by atoms with van der Waals surface area (Å²) in [4.78, 5) is 14.8. The van der Waals surface area contributed by atoms with Gasteiger partial charge in [-0.3, -0.25) is 4.79 Å². The second-order valence-electron chi connectivity index (χ2n) is 8.57. The molecule has 0 amide bonds. The summed E-state index contributed by atoms with van der Waals surface area (Å²) in [6, 6.07) is 4.20. The zero-order valence-electron chi connectivity index (χ0n) is 17.1. The molecule has 27 heavy (non-hydrogen) atoms. The smallest absolute Gasteiger partial charge is 0.308 e. The number of rotatable bonds is 4. The summed E-state index contributed by atoms with van der Waals surface area (Å²) in [7, 11) is 3.87. The zero-order chi connectivity index (χ0) is 19.3. The van der Waals surface area contributed by atoms with Crippen molar-refractivity contribution < 1.29 is 19.0 Å². The topological polar surface area (TPSA) is 48.0 Å². The number of hydrogen-bond donors (Lipinski definition) is 0. The van der Waals surface area contributed by atoms with E-state index in [-0.39, 0.29) is 35.4 Å². The van der Waals surface area contributed by atoms with Crippen molar-refractivity contribution in [3.8, 4) is 11.5 Å². The molecule has 2 heterocycles. The fraction of sp³-hybridized carbons (Fsp3) is 0.682. The molecule has 1 aromatic rings. The van der Waals surface area contributed by atoms with Crippen molar-refractivity contribution in [1.29, 1.82) is 0 Å². The van der Waals surface area contributed by atoms with Crippen LogP contribution < -0.4 is 9.47 Å². The van der Waals surface area contributed by atoms with Gasteiger partial charge in [-0.15, -0.1) is 0 Å². The summed E-state index contributed by atoms with van der Waals surface area (Å²) in [5.74, 6) is 1.80. The number of carbonyl (C=O) groups is 1. The predicted octanol–water partition coefficient (Wildman–Crippen LogP) is 3.53. The van der Waals surface area contributed by atoms with Gasteiger partial charge in [-0.2, -0.15) is 0 Å². The van der Waals surface area contributed by atoms with Crippen molar-refractivity contribution in [2.24, 2.45) is 11.8 Å². The lowest BCUT2D eigenvalue weighted by molar-refractivity contribution is -0.155. The monoisotopic (exact) mass is 373 g/mol. The van der Waals surface area contributed by atoms with Gasteiger partial charge in [-0.25, -0.2) is 0 Å². The number of benzene rings is 1. The Morgan fingerprint density at radius 1 is 1.44 bits per heavy atom. The van der Waals surface area contributed by atoms with Crippen molar-refractivity contribution in [2.45, 2.75) is 64.2 Å². The first-order valence-electron chi connectivity index (χ1n) is 10.2. The summed E-state index contributed by atoms with van der Waals surface area (Å²) in [5.41, 5.74) is 2.50. The van der Waals surface area contributed by atoms with E-state index in [1.54, 1.807) is 7.11 Å². The largest absolute Gasteiger partial charge is 0.493 e. The van der Waals surface area contributed by atoms with E-state index in [9.17, 15) is 4.79 Å². The lowest BCUT2D eigenvalue weighted by Gasteiger charge is -2.34. The molecule has 5 atom stereocenters. The van der Waals surface area contributed by atoms with E-state index in [2.05, 4.69) is 24.9 Å². The molecule has 3 unspecified atom stereocenters. The van der Waals surface area contributed by atoms with Crippen LogP contribution in [0.1, 0.15) is 51.2 Å². The molecule has 5 nitrogen and oxygen atoms in total. The third-order valence-electron chi connectivity index (χ3n) is 7.17. The van der Waals surface area contributed by atoms with Crippen LogP contribution in [0.4, 0.5) is 0 Å². The molecule has 1 aromatic carbocycles. The lowest BCUT2D eigenvalue weighted by atomic mass is 9.69. The van der Waals surface area contributed by atoms with E-state index in [4.69, 9.17) is 14.2 Å². The first-order valence-corrected chi connectivity index (χ1v) is 10.2. The molecule has 1 saturated carbocycles. The Bertz CT molecular complexity index is 748. The van der Waals surface area contributed by atoms with Crippen LogP contribution in [0.2, 0.25) is 0 Å². The van der Waals surface area contributed by atoms with Gasteiger partial charge in [0.05, 0.1) is 13.0 Å². The minimum absolute atomic E-state index is 0.0405. The molecule has 1 spiro atoms. The number of carbonyl (C=O) groups excluding carboxylic acids is 1. The number of hydrogen-bond acceptors (Lipinski definition) is 5. The fourth-order valence-electron chi connectivity index (χ4n) is 5.30. The highest BCUT2D eigenvalue weighted by Crippen LogP contribution is 2.61. The fourth-order valence-corrected chi connectivity index (χ4v) is 5.30. The van der Waals surface area contributed by atoms with E-state index in [1.807, 2.05) is 19.9 Å². The van der Waals surface area contributed by atoms with Crippen molar-refractivity contribution in [2.75, 3.05) is 20.7 Å². The molecule has 0 saturated heterocycles. The summed E-state index contributed by atoms with van der Waals surface area (Å²) >= 11 is 0. The van der Waals surface area contributed by atoms with Crippen LogP contribution in [0, 0.1) is 11.8 Å². The quantitative estimate of drug-likeness (QED) is 0.756. The molecule has 3 aliphatic rings. The highest BCUT2D eigenvalue weighted by Gasteiger charge is 2.62. The Balaban J connectivity index is 1.74. The maximum Gasteiger partial charge on any atom is 0.308 e. The van der Waals surface area contributed by atoms with Gasteiger partial charge in [-0.05, 0) is 38.1 Å². The van der Waals surface area contributed by atoms with Crippen LogP contribution in [0.3, 0.4) is 0 Å². The van der Waals surface area contributed by atoms with Crippen LogP contribution in [0.5, 0.6) is 11.5 Å². The SMILES string of the molecule is CCC(C)C(=O)O[C@@H]1CC2Oc3c(OC)ccc4c3[C@]2(CCN(C)C4)C1C. The van der Waals surface area contributed by atoms with E-state index < -0.39 is 0 Å². The molecular formula is C22H31NO4. The Kier molecular flexibility index (Phi) is 4.61. The van der Waals surface area contributed by atoms with Gasteiger partial charge in [0.25, 0.3) is 0 Å². The number of methoxy groups -OCH3 is 1. The van der Waals surface area contributed by atoms with E-state index in [0.717, 1.165) is 43.9 Å². The maximum absolute atomic E-state index is 12.4. The third-order valence-corrected chi connectivity index (χ3v) is 7.17. The van der Waals surface area contributed by atoms with Gasteiger partial charge in [0.1, 0.15) is 12.2 Å². The Morgan fingerprint density at radius 2 is 2.22 bits per heavy atom. The molecule has 0 radical (unpaired) electrons. The zero-order valence-corrected chi connectivity index (χ0v) is 17.1. The average molecular weight is 373 g/mol. The van der Waals surface area contributed by atoms with Gasteiger partial charge in [0.15, 0.2) is 11.5 Å². The second kappa shape index (κ2) is 6.69. The van der Waals surface area contributed by atoms with Gasteiger partial charge in [0.2, 0.25) is 0 Å². The first kappa shape index (κ1) is 18.6. The molecule has 2 aliphatic heterocycles. The van der Waals surface area contributed by atoms with Crippen molar-refractivity contribution >= 4 is 5.97 Å². The summed E-state index contributed by atoms with van der Waals surface area (Å²) < 4.78 is 18.1. The van der Waals surface area contributed by atoms with Crippen molar-refractivity contribution in [3.05, 3.63) is 23.3 Å². The standard InChI is InChI=1S/C22H31NO4/c1-6-13(2)21(24)26-17-11-18-22(14(17)3)9-10-23(4)12-15-7-8-16(25-5)20(27-18)19(15)22/h7-8,13-14,17-18H,6,9-12H2,1-5H3/t13?,14?,17-,18?,22-/m1/s1. The predicted molar refractivity (Wildman–Crippen MR) is 103 cm³/mol. The van der Waals surface area contributed by atoms with Crippen LogP contribution in [0.15, 0.2) is 12.1 Å². The number of nitrogens with zero attached hydrogens (tertiary/aromatic N) is 1. The molecule has 4 rings (SSSR count).